The van der Waals surface area contributed by atoms with Crippen molar-refractivity contribution in [3.63, 3.8) is 0 Å². The van der Waals surface area contributed by atoms with Crippen LogP contribution in [-0.2, 0) is 5.88 Å². The number of hydrogen-bond acceptors (Lipinski definition) is 2. The standard InChI is InChI=1S/C7H7ClN4/c8-3-6-4-12(5-11-6)7-9-1-2-10-7/h1-2,4-5H,3H2,(H,9,10). The van der Waals surface area contributed by atoms with Gasteiger partial charge in [-0.05, 0) is 0 Å². The van der Waals surface area contributed by atoms with Gasteiger partial charge in [0.1, 0.15) is 6.33 Å². The van der Waals surface area contributed by atoms with Crippen LogP contribution in [0.5, 0.6) is 0 Å². The molecule has 0 fully saturated rings. The Labute approximate surface area is 74.2 Å². The minimum absolute atomic E-state index is 0.424. The van der Waals surface area contributed by atoms with E-state index >= 15 is 0 Å². The van der Waals surface area contributed by atoms with Crippen LogP contribution in [0.15, 0.2) is 24.9 Å². The number of rotatable bonds is 2. The van der Waals surface area contributed by atoms with E-state index in [4.69, 9.17) is 11.6 Å². The van der Waals surface area contributed by atoms with Gasteiger partial charge in [-0.15, -0.1) is 11.6 Å². The summed E-state index contributed by atoms with van der Waals surface area (Å²) in [6.07, 6.45) is 6.97. The summed E-state index contributed by atoms with van der Waals surface area (Å²) in [5.74, 6) is 1.17. The monoisotopic (exact) mass is 182 g/mol. The molecule has 0 saturated carbocycles. The van der Waals surface area contributed by atoms with E-state index in [1.54, 1.807) is 23.3 Å². The Morgan fingerprint density at radius 1 is 1.50 bits per heavy atom. The van der Waals surface area contributed by atoms with Gasteiger partial charge in [-0.2, -0.15) is 0 Å². The first kappa shape index (κ1) is 7.36. The molecule has 2 aromatic rings. The number of H-pyrrole nitrogens is 1. The summed E-state index contributed by atoms with van der Waals surface area (Å²) in [4.78, 5) is 11.1. The Balaban J connectivity index is 2.35. The molecule has 0 aromatic carbocycles. The summed E-state index contributed by atoms with van der Waals surface area (Å²) < 4.78 is 1.79. The first-order valence-corrected chi connectivity index (χ1v) is 4.02. The zero-order valence-corrected chi connectivity index (χ0v) is 6.99. The van der Waals surface area contributed by atoms with Crippen LogP contribution >= 0.6 is 11.6 Å². The lowest BCUT2D eigenvalue weighted by Gasteiger charge is -1.92. The number of nitrogens with one attached hydrogen (secondary N) is 1. The molecular weight excluding hydrogens is 176 g/mol. The Morgan fingerprint density at radius 3 is 3.00 bits per heavy atom. The summed E-state index contributed by atoms with van der Waals surface area (Å²) in [6.45, 7) is 0. The van der Waals surface area contributed by atoms with Crippen molar-refractivity contribution in [3.05, 3.63) is 30.6 Å². The van der Waals surface area contributed by atoms with Crippen LogP contribution in [0.25, 0.3) is 5.95 Å². The quantitative estimate of drug-likeness (QED) is 0.713. The molecule has 0 spiro atoms. The van der Waals surface area contributed by atoms with E-state index in [0.29, 0.717) is 5.88 Å². The summed E-state index contributed by atoms with van der Waals surface area (Å²) in [5, 5.41) is 0. The minimum Gasteiger partial charge on any atom is -0.330 e. The summed E-state index contributed by atoms with van der Waals surface area (Å²) >= 11 is 5.60. The van der Waals surface area contributed by atoms with Gasteiger partial charge in [0.15, 0.2) is 0 Å². The van der Waals surface area contributed by atoms with Crippen LogP contribution in [-0.4, -0.2) is 19.5 Å². The van der Waals surface area contributed by atoms with Crippen molar-refractivity contribution in [1.29, 1.82) is 0 Å². The lowest BCUT2D eigenvalue weighted by Crippen LogP contribution is -1.91. The highest BCUT2D eigenvalue weighted by Gasteiger charge is 1.99. The van der Waals surface area contributed by atoms with Crippen molar-refractivity contribution in [3.8, 4) is 5.95 Å². The van der Waals surface area contributed by atoms with E-state index in [2.05, 4.69) is 15.0 Å². The normalized spacial score (nSPS) is 10.4. The van der Waals surface area contributed by atoms with Crippen LogP contribution in [0.4, 0.5) is 0 Å². The predicted octanol–water partition coefficient (Wildman–Crippen LogP) is 1.33. The second-order valence-corrected chi connectivity index (χ2v) is 2.59. The number of hydrogen-bond donors (Lipinski definition) is 1. The topological polar surface area (TPSA) is 46.5 Å². The maximum Gasteiger partial charge on any atom is 0.212 e. The number of aromatic amines is 1. The molecule has 5 heteroatoms. The fraction of sp³-hybridized carbons (Fsp3) is 0.143. The fourth-order valence-corrected chi connectivity index (χ4v) is 1.08. The minimum atomic E-state index is 0.424. The Hall–Kier alpha value is -1.29. The first-order chi connectivity index (χ1) is 5.90. The average molecular weight is 183 g/mol. The van der Waals surface area contributed by atoms with Crippen molar-refractivity contribution < 1.29 is 0 Å². The molecular formula is C7H7ClN4. The van der Waals surface area contributed by atoms with E-state index in [-0.39, 0.29) is 0 Å². The zero-order valence-electron chi connectivity index (χ0n) is 6.24. The summed E-state index contributed by atoms with van der Waals surface area (Å²) in [7, 11) is 0. The van der Waals surface area contributed by atoms with E-state index in [9.17, 15) is 0 Å². The van der Waals surface area contributed by atoms with Gasteiger partial charge in [-0.3, -0.25) is 4.57 Å². The number of alkyl halides is 1. The predicted molar refractivity (Wildman–Crippen MR) is 45.3 cm³/mol. The van der Waals surface area contributed by atoms with Gasteiger partial charge < -0.3 is 4.98 Å². The van der Waals surface area contributed by atoms with E-state index < -0.39 is 0 Å². The molecule has 0 aliphatic rings. The highest BCUT2D eigenvalue weighted by atomic mass is 35.5. The molecule has 0 radical (unpaired) electrons. The Kier molecular flexibility index (Phi) is 1.83. The maximum atomic E-state index is 5.60. The van der Waals surface area contributed by atoms with Crippen molar-refractivity contribution in [1.82, 2.24) is 19.5 Å². The van der Waals surface area contributed by atoms with Crippen LogP contribution in [0, 0.1) is 0 Å². The van der Waals surface area contributed by atoms with Gasteiger partial charge in [0.2, 0.25) is 5.95 Å². The molecule has 0 aliphatic heterocycles. The van der Waals surface area contributed by atoms with Gasteiger partial charge in [0.25, 0.3) is 0 Å². The first-order valence-electron chi connectivity index (χ1n) is 3.49. The van der Waals surface area contributed by atoms with Crippen molar-refractivity contribution >= 4 is 11.6 Å². The van der Waals surface area contributed by atoms with Crippen LogP contribution < -0.4 is 0 Å². The molecule has 2 heterocycles. The van der Waals surface area contributed by atoms with Crippen molar-refractivity contribution in [2.75, 3.05) is 0 Å². The maximum absolute atomic E-state index is 5.60. The molecule has 1 N–H and O–H groups in total. The van der Waals surface area contributed by atoms with Crippen LogP contribution in [0.2, 0.25) is 0 Å². The summed E-state index contributed by atoms with van der Waals surface area (Å²) in [6, 6.07) is 0. The van der Waals surface area contributed by atoms with Gasteiger partial charge in [-0.25, -0.2) is 9.97 Å². The van der Waals surface area contributed by atoms with Gasteiger partial charge in [0, 0.05) is 18.6 Å². The molecule has 0 aliphatic carbocycles. The highest BCUT2D eigenvalue weighted by Crippen LogP contribution is 2.04. The van der Waals surface area contributed by atoms with Gasteiger partial charge in [0.05, 0.1) is 11.6 Å². The largest absolute Gasteiger partial charge is 0.330 e. The number of halogens is 1. The molecule has 0 atom stereocenters. The molecule has 0 amide bonds. The van der Waals surface area contributed by atoms with Crippen LogP contribution in [0.1, 0.15) is 5.69 Å². The molecule has 2 aromatic heterocycles. The lowest BCUT2D eigenvalue weighted by molar-refractivity contribution is 0.960. The zero-order chi connectivity index (χ0) is 8.39. The smallest absolute Gasteiger partial charge is 0.212 e. The second kappa shape index (κ2) is 2.98. The van der Waals surface area contributed by atoms with E-state index in [1.807, 2.05) is 6.20 Å². The summed E-state index contributed by atoms with van der Waals surface area (Å²) in [5.41, 5.74) is 0.841. The van der Waals surface area contributed by atoms with Crippen molar-refractivity contribution in [2.45, 2.75) is 5.88 Å². The van der Waals surface area contributed by atoms with E-state index in [0.717, 1.165) is 11.6 Å². The molecule has 12 heavy (non-hydrogen) atoms. The Morgan fingerprint density at radius 2 is 2.42 bits per heavy atom. The number of aromatic nitrogens is 4. The second-order valence-electron chi connectivity index (χ2n) is 2.32. The molecule has 4 nitrogen and oxygen atoms in total. The van der Waals surface area contributed by atoms with Gasteiger partial charge >= 0.3 is 0 Å². The fourth-order valence-electron chi connectivity index (χ4n) is 0.947. The number of imidazole rings is 2. The highest BCUT2D eigenvalue weighted by molar-refractivity contribution is 6.16. The lowest BCUT2D eigenvalue weighted by atomic mass is 10.6. The van der Waals surface area contributed by atoms with Crippen molar-refractivity contribution in [2.24, 2.45) is 0 Å². The third-order valence-electron chi connectivity index (χ3n) is 1.50. The third-order valence-corrected chi connectivity index (χ3v) is 1.78. The molecule has 62 valence electrons. The number of nitrogens with zero attached hydrogens (tertiary/aromatic N) is 3. The Bertz CT molecular complexity index is 351. The van der Waals surface area contributed by atoms with E-state index in [1.165, 1.54) is 0 Å². The SMILES string of the molecule is ClCc1cn(-c2ncc[nH]2)cn1. The molecule has 0 saturated heterocycles. The molecule has 2 rings (SSSR count). The molecule has 0 bridgehead atoms. The average Bonchev–Trinajstić information content (AvgIpc) is 2.75. The van der Waals surface area contributed by atoms with Gasteiger partial charge in [-0.1, -0.05) is 0 Å². The molecule has 0 unspecified atom stereocenters. The third kappa shape index (κ3) is 1.21. The van der Waals surface area contributed by atoms with Crippen LogP contribution in [0.3, 0.4) is 0 Å².